The summed E-state index contributed by atoms with van der Waals surface area (Å²) in [5.41, 5.74) is 0. The lowest BCUT2D eigenvalue weighted by Crippen LogP contribution is -2.09. The molecule has 0 fully saturated rings. The maximum atomic E-state index is 10.8. The molecule has 0 N–H and O–H groups in total. The molecule has 5 heteroatoms. The number of ether oxygens (including phenoxy) is 2. The molecule has 94 valence electrons. The number of hydrogen-bond donors (Lipinski definition) is 0. The molecule has 0 bridgehead atoms. The van der Waals surface area contributed by atoms with Gasteiger partial charge in [0.05, 0.1) is 19.5 Å². The molecule has 0 heterocycles. The van der Waals surface area contributed by atoms with Crippen LogP contribution < -0.4 is 0 Å². The average Bonchev–Trinajstić information content (AvgIpc) is 2.31. The number of thioether (sulfide) groups is 1. The summed E-state index contributed by atoms with van der Waals surface area (Å²) in [6.07, 6.45) is 3.36. The summed E-state index contributed by atoms with van der Waals surface area (Å²) in [5.74, 6) is 0.643. The molecule has 0 saturated heterocycles. The van der Waals surface area contributed by atoms with Gasteiger partial charge < -0.3 is 9.47 Å². The second-order valence-electron chi connectivity index (χ2n) is 3.43. The second kappa shape index (κ2) is 9.90. The van der Waals surface area contributed by atoms with E-state index in [9.17, 15) is 4.79 Å². The highest BCUT2D eigenvalue weighted by Gasteiger charge is 2.07. The van der Waals surface area contributed by atoms with Crippen LogP contribution in [0.4, 0.5) is 0 Å². The lowest BCUT2D eigenvalue weighted by molar-refractivity contribution is -0.137. The fraction of sp³-hybridized carbons (Fsp3) is 0.818. The minimum absolute atomic E-state index is 0.223. The van der Waals surface area contributed by atoms with Crippen LogP contribution >= 0.6 is 24.0 Å². The van der Waals surface area contributed by atoms with Crippen LogP contribution in [-0.4, -0.2) is 29.8 Å². The van der Waals surface area contributed by atoms with E-state index in [1.807, 2.05) is 0 Å². The first-order chi connectivity index (χ1) is 7.63. The van der Waals surface area contributed by atoms with Crippen LogP contribution in [0, 0.1) is 5.92 Å². The van der Waals surface area contributed by atoms with Crippen molar-refractivity contribution in [2.75, 3.05) is 19.5 Å². The van der Waals surface area contributed by atoms with Gasteiger partial charge in [0.25, 0.3) is 0 Å². The molecule has 0 amide bonds. The zero-order chi connectivity index (χ0) is 12.4. The normalized spacial score (nSPS) is 10.2. The molecule has 0 aliphatic rings. The Morgan fingerprint density at radius 3 is 2.50 bits per heavy atom. The molecule has 0 spiro atoms. The number of methoxy groups -OCH3 is 1. The summed E-state index contributed by atoms with van der Waals surface area (Å²) in [7, 11) is 1.36. The molecular formula is C11H20O3S2. The van der Waals surface area contributed by atoms with E-state index >= 15 is 0 Å². The molecule has 0 aliphatic heterocycles. The molecule has 0 unspecified atom stereocenters. The molecule has 0 aromatic heterocycles. The summed E-state index contributed by atoms with van der Waals surface area (Å²) in [5, 5.41) is 0. The molecule has 0 radical (unpaired) electrons. The molecule has 0 rings (SSSR count). The first-order valence-corrected chi connectivity index (χ1v) is 6.89. The number of carbonyl (C=O) groups excluding carboxylic acids is 1. The van der Waals surface area contributed by atoms with Crippen LogP contribution in [0.25, 0.3) is 0 Å². The van der Waals surface area contributed by atoms with E-state index in [1.54, 1.807) is 0 Å². The third-order valence-electron chi connectivity index (χ3n) is 2.44. The molecular weight excluding hydrogens is 244 g/mol. The van der Waals surface area contributed by atoms with Crippen molar-refractivity contribution in [3.8, 4) is 0 Å². The van der Waals surface area contributed by atoms with Crippen molar-refractivity contribution < 1.29 is 14.3 Å². The highest BCUT2D eigenvalue weighted by atomic mass is 32.2. The standard InChI is InChI=1S/C11H20O3S2/c1-4-9(5-2)6-7-14-11(15)16-8-10(12)13-3/h9H,4-8H2,1-3H3. The van der Waals surface area contributed by atoms with E-state index in [0.29, 0.717) is 16.9 Å². The molecule has 0 saturated carbocycles. The van der Waals surface area contributed by atoms with Crippen LogP contribution in [-0.2, 0) is 14.3 Å². The third-order valence-corrected chi connectivity index (χ3v) is 3.64. The zero-order valence-electron chi connectivity index (χ0n) is 10.2. The number of carbonyl (C=O) groups is 1. The molecule has 0 atom stereocenters. The van der Waals surface area contributed by atoms with Crippen molar-refractivity contribution in [2.45, 2.75) is 33.1 Å². The molecule has 0 aliphatic carbocycles. The van der Waals surface area contributed by atoms with Crippen LogP contribution in [0.2, 0.25) is 0 Å². The second-order valence-corrected chi connectivity index (χ2v) is 5.01. The van der Waals surface area contributed by atoms with E-state index in [4.69, 9.17) is 17.0 Å². The van der Waals surface area contributed by atoms with Crippen molar-refractivity contribution in [3.05, 3.63) is 0 Å². The molecule has 0 aromatic carbocycles. The van der Waals surface area contributed by atoms with Gasteiger partial charge in [-0.2, -0.15) is 0 Å². The lowest BCUT2D eigenvalue weighted by Gasteiger charge is -2.12. The lowest BCUT2D eigenvalue weighted by atomic mass is 10.0. The van der Waals surface area contributed by atoms with Gasteiger partial charge in [-0.25, -0.2) is 0 Å². The van der Waals surface area contributed by atoms with Gasteiger partial charge in [-0.05, 0) is 24.6 Å². The molecule has 16 heavy (non-hydrogen) atoms. The Morgan fingerprint density at radius 1 is 1.38 bits per heavy atom. The SMILES string of the molecule is CCC(CC)CCOC(=S)SCC(=O)OC. The first-order valence-electron chi connectivity index (χ1n) is 5.50. The average molecular weight is 264 g/mol. The Morgan fingerprint density at radius 2 is 2.00 bits per heavy atom. The maximum Gasteiger partial charge on any atom is 0.316 e. The van der Waals surface area contributed by atoms with E-state index in [1.165, 1.54) is 31.7 Å². The molecule has 3 nitrogen and oxygen atoms in total. The van der Waals surface area contributed by atoms with Crippen molar-refractivity contribution in [1.29, 1.82) is 0 Å². The van der Waals surface area contributed by atoms with Gasteiger partial charge in [-0.15, -0.1) is 0 Å². The van der Waals surface area contributed by atoms with Gasteiger partial charge in [0, 0.05) is 0 Å². The Bertz CT molecular complexity index is 215. The minimum atomic E-state index is -0.282. The van der Waals surface area contributed by atoms with E-state index in [0.717, 1.165) is 6.42 Å². The topological polar surface area (TPSA) is 35.5 Å². The van der Waals surface area contributed by atoms with Crippen molar-refractivity contribution >= 4 is 34.3 Å². The fourth-order valence-electron chi connectivity index (χ4n) is 1.22. The Labute approximate surface area is 107 Å². The summed E-state index contributed by atoms with van der Waals surface area (Å²) >= 11 is 6.19. The summed E-state index contributed by atoms with van der Waals surface area (Å²) in [6, 6.07) is 0. The van der Waals surface area contributed by atoms with E-state index in [2.05, 4.69) is 18.6 Å². The highest BCUT2D eigenvalue weighted by Crippen LogP contribution is 2.14. The maximum absolute atomic E-state index is 10.8. The zero-order valence-corrected chi connectivity index (χ0v) is 11.8. The van der Waals surface area contributed by atoms with Crippen molar-refractivity contribution in [1.82, 2.24) is 0 Å². The minimum Gasteiger partial charge on any atom is -0.479 e. The summed E-state index contributed by atoms with van der Waals surface area (Å²) in [6.45, 7) is 5.00. The summed E-state index contributed by atoms with van der Waals surface area (Å²) in [4.78, 5) is 10.8. The van der Waals surface area contributed by atoms with Crippen molar-refractivity contribution in [2.24, 2.45) is 5.92 Å². The van der Waals surface area contributed by atoms with Gasteiger partial charge in [0.15, 0.2) is 0 Å². The van der Waals surface area contributed by atoms with Crippen LogP contribution in [0.3, 0.4) is 0 Å². The van der Waals surface area contributed by atoms with E-state index in [-0.39, 0.29) is 11.7 Å². The Hall–Kier alpha value is -0.290. The Balaban J connectivity index is 3.54. The monoisotopic (exact) mass is 264 g/mol. The number of esters is 1. The van der Waals surface area contributed by atoms with Gasteiger partial charge in [0.1, 0.15) is 0 Å². The van der Waals surface area contributed by atoms with Gasteiger partial charge >= 0.3 is 5.97 Å². The first kappa shape index (κ1) is 15.7. The molecule has 0 aromatic rings. The third kappa shape index (κ3) is 7.93. The fourth-order valence-corrected chi connectivity index (χ4v) is 2.00. The quantitative estimate of drug-likeness (QED) is 0.522. The largest absolute Gasteiger partial charge is 0.479 e. The predicted octanol–water partition coefficient (Wildman–Crippen LogP) is 3.02. The van der Waals surface area contributed by atoms with Crippen LogP contribution in [0.15, 0.2) is 0 Å². The number of thiocarbonyl (C=S) groups is 1. The van der Waals surface area contributed by atoms with Crippen LogP contribution in [0.5, 0.6) is 0 Å². The smallest absolute Gasteiger partial charge is 0.316 e. The van der Waals surface area contributed by atoms with E-state index < -0.39 is 0 Å². The van der Waals surface area contributed by atoms with Gasteiger partial charge in [0.2, 0.25) is 4.38 Å². The highest BCUT2D eigenvalue weighted by molar-refractivity contribution is 8.23. The van der Waals surface area contributed by atoms with Gasteiger partial charge in [-0.1, -0.05) is 38.5 Å². The Kier molecular flexibility index (Phi) is 9.72. The van der Waals surface area contributed by atoms with Crippen molar-refractivity contribution in [3.63, 3.8) is 0 Å². The number of rotatable bonds is 7. The van der Waals surface area contributed by atoms with Gasteiger partial charge in [-0.3, -0.25) is 4.79 Å². The van der Waals surface area contributed by atoms with Crippen LogP contribution in [0.1, 0.15) is 33.1 Å². The number of hydrogen-bond acceptors (Lipinski definition) is 5. The summed E-state index contributed by atoms with van der Waals surface area (Å²) < 4.78 is 10.3. The predicted molar refractivity (Wildman–Crippen MR) is 71.7 cm³/mol.